The SMILES string of the molecule is Cc1cccc(CN2C(=O)/C(=C\c3ccc(C(=O)NCCCN(C)c4ccccc4)cc3)Oc3ccccc32)c1. The smallest absolute Gasteiger partial charge is 0.294 e. The molecule has 0 radical (unpaired) electrons. The van der Waals surface area contributed by atoms with Crippen LogP contribution in [0.25, 0.3) is 6.08 Å². The molecule has 0 bridgehead atoms. The van der Waals surface area contributed by atoms with E-state index in [0.717, 1.165) is 41.0 Å². The highest BCUT2D eigenvalue weighted by atomic mass is 16.5. The lowest BCUT2D eigenvalue weighted by molar-refractivity contribution is -0.117. The molecule has 1 aliphatic heterocycles. The van der Waals surface area contributed by atoms with Crippen molar-refractivity contribution in [2.75, 3.05) is 29.9 Å². The van der Waals surface area contributed by atoms with Crippen LogP contribution in [0.2, 0.25) is 0 Å². The summed E-state index contributed by atoms with van der Waals surface area (Å²) in [7, 11) is 2.05. The average molecular weight is 532 g/mol. The van der Waals surface area contributed by atoms with Crippen LogP contribution < -0.4 is 19.9 Å². The first kappa shape index (κ1) is 26.8. The molecule has 1 N–H and O–H groups in total. The predicted octanol–water partition coefficient (Wildman–Crippen LogP) is 6.22. The molecule has 1 aliphatic rings. The number of nitrogens with zero attached hydrogens (tertiary/aromatic N) is 2. The Morgan fingerprint density at radius 1 is 0.925 bits per heavy atom. The third-order valence-corrected chi connectivity index (χ3v) is 6.88. The number of ether oxygens (including phenoxy) is 1. The van der Waals surface area contributed by atoms with Gasteiger partial charge in [0.05, 0.1) is 12.2 Å². The number of anilines is 2. The molecule has 6 heteroatoms. The maximum atomic E-state index is 13.5. The third kappa shape index (κ3) is 6.41. The van der Waals surface area contributed by atoms with Crippen molar-refractivity contribution in [1.29, 1.82) is 0 Å². The number of para-hydroxylation sites is 3. The van der Waals surface area contributed by atoms with Crippen LogP contribution in [0.5, 0.6) is 5.75 Å². The average Bonchev–Trinajstić information content (AvgIpc) is 2.98. The summed E-state index contributed by atoms with van der Waals surface area (Å²) in [5.74, 6) is 0.549. The van der Waals surface area contributed by atoms with E-state index in [1.54, 1.807) is 23.1 Å². The number of hydrogen-bond donors (Lipinski definition) is 1. The number of amides is 2. The highest BCUT2D eigenvalue weighted by molar-refractivity contribution is 6.09. The van der Waals surface area contributed by atoms with E-state index < -0.39 is 0 Å². The lowest BCUT2D eigenvalue weighted by atomic mass is 10.1. The molecule has 4 aromatic rings. The van der Waals surface area contributed by atoms with E-state index in [1.165, 1.54) is 0 Å². The molecular formula is C34H33N3O3. The normalized spacial score (nSPS) is 13.5. The van der Waals surface area contributed by atoms with Crippen molar-refractivity contribution in [3.05, 3.63) is 131 Å². The van der Waals surface area contributed by atoms with Gasteiger partial charge in [-0.25, -0.2) is 0 Å². The molecule has 0 saturated carbocycles. The van der Waals surface area contributed by atoms with Crippen LogP contribution >= 0.6 is 0 Å². The zero-order valence-corrected chi connectivity index (χ0v) is 22.8. The number of fused-ring (bicyclic) bond motifs is 1. The maximum Gasteiger partial charge on any atom is 0.294 e. The number of hydrogen-bond acceptors (Lipinski definition) is 4. The van der Waals surface area contributed by atoms with Gasteiger partial charge in [-0.3, -0.25) is 14.5 Å². The summed E-state index contributed by atoms with van der Waals surface area (Å²) in [6.07, 6.45) is 2.56. The summed E-state index contributed by atoms with van der Waals surface area (Å²) < 4.78 is 6.02. The number of nitrogens with one attached hydrogen (secondary N) is 1. The van der Waals surface area contributed by atoms with E-state index in [2.05, 4.69) is 28.4 Å². The van der Waals surface area contributed by atoms with Crippen molar-refractivity contribution in [1.82, 2.24) is 5.32 Å². The molecule has 2 amide bonds. The van der Waals surface area contributed by atoms with E-state index in [1.807, 2.05) is 86.8 Å². The quantitative estimate of drug-likeness (QED) is 0.206. The van der Waals surface area contributed by atoms with Crippen molar-refractivity contribution < 1.29 is 14.3 Å². The molecule has 0 aliphatic carbocycles. The molecule has 0 fully saturated rings. The number of carbonyl (C=O) groups is 2. The van der Waals surface area contributed by atoms with Crippen LogP contribution in [-0.2, 0) is 11.3 Å². The zero-order valence-electron chi connectivity index (χ0n) is 22.8. The van der Waals surface area contributed by atoms with Crippen molar-refractivity contribution >= 4 is 29.3 Å². The monoisotopic (exact) mass is 531 g/mol. The topological polar surface area (TPSA) is 61.9 Å². The first-order valence-corrected chi connectivity index (χ1v) is 13.5. The summed E-state index contributed by atoms with van der Waals surface area (Å²) in [5, 5.41) is 2.99. The zero-order chi connectivity index (χ0) is 27.9. The molecule has 1 heterocycles. The molecule has 5 rings (SSSR count). The van der Waals surface area contributed by atoms with E-state index in [-0.39, 0.29) is 17.6 Å². The Labute approximate surface area is 235 Å². The Morgan fingerprint density at radius 3 is 2.45 bits per heavy atom. The molecule has 0 unspecified atom stereocenters. The second kappa shape index (κ2) is 12.3. The van der Waals surface area contributed by atoms with Gasteiger partial charge < -0.3 is 15.0 Å². The summed E-state index contributed by atoms with van der Waals surface area (Å²) in [6, 6.07) is 33.1. The fourth-order valence-corrected chi connectivity index (χ4v) is 4.73. The lowest BCUT2D eigenvalue weighted by Gasteiger charge is -2.30. The molecule has 0 aromatic heterocycles. The van der Waals surface area contributed by atoms with Gasteiger partial charge in [0.15, 0.2) is 11.5 Å². The Kier molecular flexibility index (Phi) is 8.26. The van der Waals surface area contributed by atoms with Gasteiger partial charge in [-0.2, -0.15) is 0 Å². The third-order valence-electron chi connectivity index (χ3n) is 6.88. The Hall–Kier alpha value is -4.84. The molecule has 4 aromatic carbocycles. The van der Waals surface area contributed by atoms with Crippen LogP contribution in [0.4, 0.5) is 11.4 Å². The fourth-order valence-electron chi connectivity index (χ4n) is 4.73. The van der Waals surface area contributed by atoms with Gasteiger partial charge in [0.1, 0.15) is 0 Å². The second-order valence-electron chi connectivity index (χ2n) is 9.95. The summed E-state index contributed by atoms with van der Waals surface area (Å²) in [5.41, 5.74) is 5.44. The number of aryl methyl sites for hydroxylation is 1. The summed E-state index contributed by atoms with van der Waals surface area (Å²) in [4.78, 5) is 30.1. The first-order valence-electron chi connectivity index (χ1n) is 13.5. The highest BCUT2D eigenvalue weighted by Gasteiger charge is 2.30. The van der Waals surface area contributed by atoms with Gasteiger partial charge in [-0.15, -0.1) is 0 Å². The minimum Gasteiger partial charge on any atom is -0.449 e. The van der Waals surface area contributed by atoms with E-state index in [4.69, 9.17) is 4.74 Å². The molecule has 0 spiro atoms. The molecule has 0 atom stereocenters. The van der Waals surface area contributed by atoms with Crippen LogP contribution in [0, 0.1) is 6.92 Å². The summed E-state index contributed by atoms with van der Waals surface area (Å²) >= 11 is 0. The minimum atomic E-state index is -0.206. The van der Waals surface area contributed by atoms with Crippen LogP contribution in [0.1, 0.15) is 33.5 Å². The number of benzene rings is 4. The Bertz CT molecular complexity index is 1510. The molecule has 40 heavy (non-hydrogen) atoms. The molecule has 0 saturated heterocycles. The van der Waals surface area contributed by atoms with Gasteiger partial charge in [0.2, 0.25) is 0 Å². The number of carbonyl (C=O) groups excluding carboxylic acids is 2. The fraction of sp³-hybridized carbons (Fsp3) is 0.176. The van der Waals surface area contributed by atoms with Gasteiger partial charge in [0.25, 0.3) is 11.8 Å². The maximum absolute atomic E-state index is 13.5. The summed E-state index contributed by atoms with van der Waals surface area (Å²) in [6.45, 7) is 3.91. The van der Waals surface area contributed by atoms with Crippen LogP contribution in [0.15, 0.2) is 109 Å². The van der Waals surface area contributed by atoms with Crippen molar-refractivity contribution in [3.63, 3.8) is 0 Å². The standard InChI is InChI=1S/C34H33N3O3/c1-25-10-8-11-27(22-25)24-37-30-14-6-7-15-31(30)40-32(34(37)39)23-26-16-18-28(19-17-26)33(38)35-20-9-21-36(2)29-12-4-3-5-13-29/h3-8,10-19,22-23H,9,20-21,24H2,1-2H3,(H,35,38)/b32-23+. The van der Waals surface area contributed by atoms with Gasteiger partial charge in [-0.05, 0) is 66.9 Å². The van der Waals surface area contributed by atoms with Crippen LogP contribution in [0.3, 0.4) is 0 Å². The molecule has 202 valence electrons. The highest BCUT2D eigenvalue weighted by Crippen LogP contribution is 2.36. The Morgan fingerprint density at radius 2 is 1.68 bits per heavy atom. The van der Waals surface area contributed by atoms with Gasteiger partial charge >= 0.3 is 0 Å². The van der Waals surface area contributed by atoms with E-state index >= 15 is 0 Å². The number of rotatable bonds is 9. The minimum absolute atomic E-state index is 0.121. The largest absolute Gasteiger partial charge is 0.449 e. The molecule has 6 nitrogen and oxygen atoms in total. The van der Waals surface area contributed by atoms with Crippen molar-refractivity contribution in [3.8, 4) is 5.75 Å². The van der Waals surface area contributed by atoms with Gasteiger partial charge in [0, 0.05) is 31.4 Å². The second-order valence-corrected chi connectivity index (χ2v) is 9.95. The van der Waals surface area contributed by atoms with Gasteiger partial charge in [-0.1, -0.05) is 72.3 Å². The molecular weight excluding hydrogens is 498 g/mol. The van der Waals surface area contributed by atoms with E-state index in [9.17, 15) is 9.59 Å². The van der Waals surface area contributed by atoms with Crippen LogP contribution in [-0.4, -0.2) is 32.0 Å². The van der Waals surface area contributed by atoms with Crippen molar-refractivity contribution in [2.24, 2.45) is 0 Å². The first-order chi connectivity index (χ1) is 19.5. The Balaban J connectivity index is 1.22. The lowest BCUT2D eigenvalue weighted by Crippen LogP contribution is -2.36. The van der Waals surface area contributed by atoms with Crippen molar-refractivity contribution in [2.45, 2.75) is 19.9 Å². The predicted molar refractivity (Wildman–Crippen MR) is 161 cm³/mol. The van der Waals surface area contributed by atoms with E-state index in [0.29, 0.717) is 24.4 Å².